The second kappa shape index (κ2) is 10.7. The Kier molecular flexibility index (Phi) is 7.53. The normalized spacial score (nSPS) is 20.8. The summed E-state index contributed by atoms with van der Waals surface area (Å²) in [5.74, 6) is 2.62. The van der Waals surface area contributed by atoms with Crippen LogP contribution in [0.3, 0.4) is 0 Å². The summed E-state index contributed by atoms with van der Waals surface area (Å²) in [5.41, 5.74) is 2.82. The van der Waals surface area contributed by atoms with Gasteiger partial charge >= 0.3 is 0 Å². The molecule has 1 aliphatic carbocycles. The van der Waals surface area contributed by atoms with Crippen LogP contribution in [0.25, 0.3) is 0 Å². The summed E-state index contributed by atoms with van der Waals surface area (Å²) >= 11 is 0. The van der Waals surface area contributed by atoms with E-state index in [2.05, 4.69) is 50.0 Å². The molecule has 0 bridgehead atoms. The second-order valence-corrected chi connectivity index (χ2v) is 8.24. The van der Waals surface area contributed by atoms with Gasteiger partial charge in [0.1, 0.15) is 12.4 Å². The molecule has 2 unspecified atom stereocenters. The quantitative estimate of drug-likeness (QED) is 0.383. The zero-order valence-corrected chi connectivity index (χ0v) is 18.6. The zero-order valence-electron chi connectivity index (χ0n) is 18.6. The lowest BCUT2D eigenvalue weighted by Crippen LogP contribution is -2.47. The molecule has 8 nitrogen and oxygen atoms in total. The van der Waals surface area contributed by atoms with Crippen molar-refractivity contribution in [2.45, 2.75) is 63.8 Å². The van der Waals surface area contributed by atoms with Crippen molar-refractivity contribution < 1.29 is 9.47 Å². The number of aliphatic imine (C=N–C) groups is 1. The van der Waals surface area contributed by atoms with Gasteiger partial charge in [-0.1, -0.05) is 24.3 Å². The maximum Gasteiger partial charge on any atom is 0.191 e. The lowest BCUT2D eigenvalue weighted by atomic mass is 9.89. The van der Waals surface area contributed by atoms with Crippen LogP contribution in [0, 0.1) is 0 Å². The van der Waals surface area contributed by atoms with Crippen molar-refractivity contribution in [3.05, 3.63) is 47.0 Å². The molecule has 1 aromatic carbocycles. The number of guanidine groups is 1. The number of rotatable bonds is 8. The molecular formula is C23H34N6O2. The van der Waals surface area contributed by atoms with Gasteiger partial charge in [0.2, 0.25) is 0 Å². The lowest BCUT2D eigenvalue weighted by molar-refractivity contribution is 0.0398. The Morgan fingerprint density at radius 3 is 3.03 bits per heavy atom. The maximum atomic E-state index is 6.21. The molecule has 0 saturated carbocycles. The van der Waals surface area contributed by atoms with E-state index >= 15 is 0 Å². The molecule has 2 atom stereocenters. The third-order valence-corrected chi connectivity index (χ3v) is 5.99. The van der Waals surface area contributed by atoms with Crippen molar-refractivity contribution in [3.8, 4) is 0 Å². The summed E-state index contributed by atoms with van der Waals surface area (Å²) in [6.07, 6.45) is 6.59. The first kappa shape index (κ1) is 21.8. The van der Waals surface area contributed by atoms with Crippen LogP contribution in [0.2, 0.25) is 0 Å². The van der Waals surface area contributed by atoms with Crippen LogP contribution in [0.15, 0.2) is 29.3 Å². The van der Waals surface area contributed by atoms with Gasteiger partial charge in [-0.25, -0.2) is 9.67 Å². The van der Waals surface area contributed by atoms with E-state index in [4.69, 9.17) is 9.47 Å². The summed E-state index contributed by atoms with van der Waals surface area (Å²) in [6.45, 7) is 2.82. The van der Waals surface area contributed by atoms with Crippen molar-refractivity contribution >= 4 is 5.96 Å². The van der Waals surface area contributed by atoms with Crippen LogP contribution in [0.4, 0.5) is 0 Å². The van der Waals surface area contributed by atoms with E-state index in [9.17, 15) is 0 Å². The van der Waals surface area contributed by atoms with Gasteiger partial charge in [0.15, 0.2) is 11.8 Å². The minimum atomic E-state index is 0.240. The zero-order chi connectivity index (χ0) is 21.5. The van der Waals surface area contributed by atoms with Crippen molar-refractivity contribution in [3.63, 3.8) is 0 Å². The average Bonchev–Trinajstić information content (AvgIpc) is 3.20. The maximum absolute atomic E-state index is 6.21. The highest BCUT2D eigenvalue weighted by atomic mass is 16.5. The molecule has 0 fully saturated rings. The van der Waals surface area contributed by atoms with Gasteiger partial charge in [0.05, 0.1) is 12.6 Å². The van der Waals surface area contributed by atoms with Gasteiger partial charge in [0, 0.05) is 39.8 Å². The van der Waals surface area contributed by atoms with E-state index in [0.717, 1.165) is 63.0 Å². The largest absolute Gasteiger partial charge is 0.377 e. The lowest BCUT2D eigenvalue weighted by Gasteiger charge is -2.26. The molecule has 2 aliphatic rings. The molecule has 0 saturated heterocycles. The van der Waals surface area contributed by atoms with Crippen LogP contribution in [-0.2, 0) is 35.5 Å². The minimum Gasteiger partial charge on any atom is -0.377 e. The topological polar surface area (TPSA) is 85.6 Å². The summed E-state index contributed by atoms with van der Waals surface area (Å²) in [7, 11) is 3.48. The highest BCUT2D eigenvalue weighted by Crippen LogP contribution is 2.32. The number of benzene rings is 1. The van der Waals surface area contributed by atoms with Crippen molar-refractivity contribution in [2.75, 3.05) is 27.3 Å². The smallest absolute Gasteiger partial charge is 0.191 e. The first-order chi connectivity index (χ1) is 15.3. The van der Waals surface area contributed by atoms with Crippen molar-refractivity contribution in [1.82, 2.24) is 25.4 Å². The van der Waals surface area contributed by atoms with Crippen molar-refractivity contribution in [2.24, 2.45) is 4.99 Å². The summed E-state index contributed by atoms with van der Waals surface area (Å²) in [5, 5.41) is 11.5. The van der Waals surface area contributed by atoms with E-state index in [0.29, 0.717) is 6.61 Å². The van der Waals surface area contributed by atoms with Crippen LogP contribution in [0.5, 0.6) is 0 Å². The molecule has 8 heteroatoms. The molecule has 168 valence electrons. The average molecular weight is 427 g/mol. The van der Waals surface area contributed by atoms with Crippen LogP contribution >= 0.6 is 0 Å². The van der Waals surface area contributed by atoms with Crippen LogP contribution in [-0.4, -0.2) is 54.1 Å². The highest BCUT2D eigenvalue weighted by Gasteiger charge is 2.22. The van der Waals surface area contributed by atoms with Gasteiger partial charge in [0.25, 0.3) is 0 Å². The molecule has 4 rings (SSSR count). The van der Waals surface area contributed by atoms with E-state index in [-0.39, 0.29) is 12.1 Å². The molecule has 1 aliphatic heterocycles. The number of methoxy groups -OCH3 is 1. The molecular weight excluding hydrogens is 392 g/mol. The Hall–Kier alpha value is -2.45. The fourth-order valence-corrected chi connectivity index (χ4v) is 4.44. The third-order valence-electron chi connectivity index (χ3n) is 5.99. The summed E-state index contributed by atoms with van der Waals surface area (Å²) in [6, 6.07) is 8.97. The molecule has 2 N–H and O–H groups in total. The van der Waals surface area contributed by atoms with Gasteiger partial charge in [-0.2, -0.15) is 5.10 Å². The first-order valence-corrected chi connectivity index (χ1v) is 11.3. The van der Waals surface area contributed by atoms with Gasteiger partial charge < -0.3 is 20.1 Å². The fraction of sp³-hybridized carbons (Fsp3) is 0.609. The molecule has 0 radical (unpaired) electrons. The van der Waals surface area contributed by atoms with Gasteiger partial charge in [-0.15, -0.1) is 0 Å². The number of aryl methyl sites for hydroxylation is 2. The summed E-state index contributed by atoms with van der Waals surface area (Å²) < 4.78 is 13.3. The molecule has 2 aromatic rings. The van der Waals surface area contributed by atoms with E-state index in [1.54, 1.807) is 7.11 Å². The van der Waals surface area contributed by atoms with Gasteiger partial charge in [-0.3, -0.25) is 4.99 Å². The first-order valence-electron chi connectivity index (χ1n) is 11.3. The Labute approximate surface area is 184 Å². The number of hydrogen-bond donors (Lipinski definition) is 2. The standard InChI is InChI=1S/C23H34N6O2/c1-24-23(26-18-11-12-22-27-21(16-30-2)28-29(22)15-18)25-13-6-14-31-20-10-5-8-17-7-3-4-9-19(17)20/h3-4,7,9,18,20H,5-6,8,10-16H2,1-2H3,(H2,24,25,26). The predicted molar refractivity (Wildman–Crippen MR) is 120 cm³/mol. The Bertz CT molecular complexity index is 881. The molecule has 31 heavy (non-hydrogen) atoms. The van der Waals surface area contributed by atoms with E-state index in [1.807, 2.05) is 11.7 Å². The minimum absolute atomic E-state index is 0.240. The Morgan fingerprint density at radius 2 is 2.16 bits per heavy atom. The SMILES string of the molecule is CN=C(NCCCOC1CCCc2ccccc21)NC1CCc2nc(COC)nn2C1. The van der Waals surface area contributed by atoms with E-state index < -0.39 is 0 Å². The Balaban J connectivity index is 1.18. The predicted octanol–water partition coefficient (Wildman–Crippen LogP) is 2.39. The number of nitrogens with one attached hydrogen (secondary N) is 2. The number of hydrogen-bond acceptors (Lipinski definition) is 5. The molecule has 0 spiro atoms. The van der Waals surface area contributed by atoms with Crippen LogP contribution in [0.1, 0.15) is 54.6 Å². The number of ether oxygens (including phenoxy) is 2. The fourth-order valence-electron chi connectivity index (χ4n) is 4.44. The number of nitrogens with zero attached hydrogens (tertiary/aromatic N) is 4. The van der Waals surface area contributed by atoms with Gasteiger partial charge in [-0.05, 0) is 43.2 Å². The number of aromatic nitrogens is 3. The van der Waals surface area contributed by atoms with E-state index in [1.165, 1.54) is 24.0 Å². The highest BCUT2D eigenvalue weighted by molar-refractivity contribution is 5.79. The Morgan fingerprint density at radius 1 is 1.26 bits per heavy atom. The van der Waals surface area contributed by atoms with Crippen LogP contribution < -0.4 is 10.6 Å². The molecule has 1 aromatic heterocycles. The summed E-state index contributed by atoms with van der Waals surface area (Å²) in [4.78, 5) is 8.91. The molecule has 0 amide bonds. The number of fused-ring (bicyclic) bond motifs is 2. The third kappa shape index (κ3) is 5.62. The second-order valence-electron chi connectivity index (χ2n) is 8.24. The van der Waals surface area contributed by atoms with Crippen molar-refractivity contribution in [1.29, 1.82) is 0 Å². The monoisotopic (exact) mass is 426 g/mol. The molecule has 2 heterocycles.